The van der Waals surface area contributed by atoms with E-state index >= 15 is 0 Å². The molecule has 0 amide bonds. The van der Waals surface area contributed by atoms with Gasteiger partial charge in [0.2, 0.25) is 0 Å². The Kier molecular flexibility index (Phi) is 9.36. The van der Waals surface area contributed by atoms with Crippen LogP contribution >= 0.6 is 0 Å². The van der Waals surface area contributed by atoms with Crippen LogP contribution in [0.3, 0.4) is 0 Å². The second kappa shape index (κ2) is 11.4. The van der Waals surface area contributed by atoms with Gasteiger partial charge in [0.1, 0.15) is 0 Å². The predicted octanol–water partition coefficient (Wildman–Crippen LogP) is 0.683. The van der Waals surface area contributed by atoms with Crippen molar-refractivity contribution in [1.29, 1.82) is 0 Å². The average Bonchev–Trinajstić information content (AvgIpc) is 3.40. The minimum atomic E-state index is 0.746. The SMILES string of the molecule is CCCNCCCNCCCCNCCC(N1CC1)N1CC1. The lowest BCUT2D eigenvalue weighted by atomic mass is 10.3. The Morgan fingerprint density at radius 1 is 0.682 bits per heavy atom. The van der Waals surface area contributed by atoms with Crippen molar-refractivity contribution in [3.63, 3.8) is 0 Å². The Morgan fingerprint density at radius 2 is 1.18 bits per heavy atom. The topological polar surface area (TPSA) is 42.1 Å². The number of unbranched alkanes of at least 4 members (excludes halogenated alkanes) is 1. The summed E-state index contributed by atoms with van der Waals surface area (Å²) in [6.45, 7) is 14.5. The highest BCUT2D eigenvalue weighted by Crippen LogP contribution is 2.22. The van der Waals surface area contributed by atoms with Crippen molar-refractivity contribution in [2.24, 2.45) is 0 Å². The van der Waals surface area contributed by atoms with E-state index in [0.29, 0.717) is 0 Å². The summed E-state index contributed by atoms with van der Waals surface area (Å²) in [6.07, 6.45) is 7.10. The molecule has 0 atom stereocenters. The summed E-state index contributed by atoms with van der Waals surface area (Å²) in [5.74, 6) is 0. The van der Waals surface area contributed by atoms with Gasteiger partial charge in [-0.2, -0.15) is 0 Å². The minimum Gasteiger partial charge on any atom is -0.317 e. The molecule has 2 heterocycles. The second-order valence-electron chi connectivity index (χ2n) is 6.65. The zero-order chi connectivity index (χ0) is 15.5. The summed E-state index contributed by atoms with van der Waals surface area (Å²) in [5, 5.41) is 10.6. The summed E-state index contributed by atoms with van der Waals surface area (Å²) >= 11 is 0. The van der Waals surface area contributed by atoms with E-state index in [9.17, 15) is 0 Å². The van der Waals surface area contributed by atoms with Crippen molar-refractivity contribution in [3.05, 3.63) is 0 Å². The van der Waals surface area contributed by atoms with Gasteiger partial charge in [-0.3, -0.25) is 9.80 Å². The van der Waals surface area contributed by atoms with Crippen LogP contribution in [-0.4, -0.2) is 81.4 Å². The molecular formula is C17H37N5. The summed E-state index contributed by atoms with van der Waals surface area (Å²) in [4.78, 5) is 5.18. The van der Waals surface area contributed by atoms with Gasteiger partial charge in [-0.1, -0.05) is 6.92 Å². The number of hydrogen-bond acceptors (Lipinski definition) is 5. The van der Waals surface area contributed by atoms with E-state index in [1.807, 2.05) is 0 Å². The first-order chi connectivity index (χ1) is 10.9. The predicted molar refractivity (Wildman–Crippen MR) is 94.3 cm³/mol. The summed E-state index contributed by atoms with van der Waals surface area (Å²) in [5.41, 5.74) is 0. The number of nitrogens with zero attached hydrogens (tertiary/aromatic N) is 2. The fraction of sp³-hybridized carbons (Fsp3) is 1.00. The van der Waals surface area contributed by atoms with Gasteiger partial charge in [0.25, 0.3) is 0 Å². The van der Waals surface area contributed by atoms with Gasteiger partial charge in [0, 0.05) is 26.2 Å². The normalized spacial score (nSPS) is 18.3. The first kappa shape index (κ1) is 18.1. The van der Waals surface area contributed by atoms with Gasteiger partial charge < -0.3 is 16.0 Å². The standard InChI is InChI=1S/C17H37N5/c1-2-7-18-10-5-11-19-8-3-4-9-20-12-6-17(21-13-14-21)22-15-16-22/h17-20H,2-16H2,1H3. The monoisotopic (exact) mass is 311 g/mol. The molecule has 0 unspecified atom stereocenters. The molecule has 0 spiro atoms. The first-order valence-electron chi connectivity index (χ1n) is 9.52. The Labute approximate surface area is 137 Å². The smallest absolute Gasteiger partial charge is 0.0636 e. The highest BCUT2D eigenvalue weighted by atomic mass is 15.5. The van der Waals surface area contributed by atoms with Gasteiger partial charge >= 0.3 is 0 Å². The Bertz CT molecular complexity index is 254. The van der Waals surface area contributed by atoms with Crippen molar-refractivity contribution in [2.75, 3.05) is 65.4 Å². The molecule has 5 nitrogen and oxygen atoms in total. The van der Waals surface area contributed by atoms with Crippen LogP contribution < -0.4 is 16.0 Å². The largest absolute Gasteiger partial charge is 0.317 e. The molecule has 2 aliphatic rings. The van der Waals surface area contributed by atoms with Crippen molar-refractivity contribution in [3.8, 4) is 0 Å². The van der Waals surface area contributed by atoms with Crippen LogP contribution in [0.5, 0.6) is 0 Å². The number of nitrogens with one attached hydrogen (secondary N) is 3. The molecule has 0 aromatic carbocycles. The molecule has 5 heteroatoms. The third kappa shape index (κ3) is 8.44. The van der Waals surface area contributed by atoms with Crippen molar-refractivity contribution in [2.45, 2.75) is 45.2 Å². The van der Waals surface area contributed by atoms with E-state index < -0.39 is 0 Å². The fourth-order valence-electron chi connectivity index (χ4n) is 2.93. The maximum Gasteiger partial charge on any atom is 0.0636 e. The highest BCUT2D eigenvalue weighted by molar-refractivity contribution is 4.89. The van der Waals surface area contributed by atoms with E-state index in [4.69, 9.17) is 0 Å². The van der Waals surface area contributed by atoms with Gasteiger partial charge in [0.05, 0.1) is 6.17 Å². The van der Waals surface area contributed by atoms with Gasteiger partial charge in [-0.15, -0.1) is 0 Å². The van der Waals surface area contributed by atoms with Gasteiger partial charge in [-0.05, 0) is 71.4 Å². The molecule has 3 N–H and O–H groups in total. The molecular weight excluding hydrogens is 274 g/mol. The molecule has 0 radical (unpaired) electrons. The third-order valence-corrected chi connectivity index (χ3v) is 4.48. The molecule has 0 saturated carbocycles. The highest BCUT2D eigenvalue weighted by Gasteiger charge is 2.36. The molecule has 0 aromatic rings. The van der Waals surface area contributed by atoms with E-state index in [1.54, 1.807) is 0 Å². The van der Waals surface area contributed by atoms with E-state index in [-0.39, 0.29) is 0 Å². The molecule has 0 aromatic heterocycles. The number of hydrogen-bond donors (Lipinski definition) is 3. The van der Waals surface area contributed by atoms with Gasteiger partial charge in [-0.25, -0.2) is 0 Å². The molecule has 2 fully saturated rings. The molecule has 0 bridgehead atoms. The van der Waals surface area contributed by atoms with E-state index in [0.717, 1.165) is 25.8 Å². The zero-order valence-electron chi connectivity index (χ0n) is 14.6. The molecule has 2 saturated heterocycles. The Hall–Kier alpha value is -0.200. The molecule has 130 valence electrons. The quantitative estimate of drug-likeness (QED) is 0.289. The zero-order valence-corrected chi connectivity index (χ0v) is 14.6. The molecule has 22 heavy (non-hydrogen) atoms. The van der Waals surface area contributed by atoms with Crippen molar-refractivity contribution < 1.29 is 0 Å². The second-order valence-corrected chi connectivity index (χ2v) is 6.65. The maximum absolute atomic E-state index is 3.62. The van der Waals surface area contributed by atoms with Crippen LogP contribution in [0.25, 0.3) is 0 Å². The van der Waals surface area contributed by atoms with E-state index in [1.165, 1.54) is 77.9 Å². The summed E-state index contributed by atoms with van der Waals surface area (Å²) < 4.78 is 0. The lowest BCUT2D eigenvalue weighted by molar-refractivity contribution is 0.231. The molecule has 2 aliphatic heterocycles. The third-order valence-electron chi connectivity index (χ3n) is 4.48. The molecule has 2 rings (SSSR count). The van der Waals surface area contributed by atoms with Crippen LogP contribution in [0, 0.1) is 0 Å². The minimum absolute atomic E-state index is 0.746. The number of rotatable bonds is 16. The van der Waals surface area contributed by atoms with Gasteiger partial charge in [0.15, 0.2) is 0 Å². The summed E-state index contributed by atoms with van der Waals surface area (Å²) in [6, 6.07) is 0. The van der Waals surface area contributed by atoms with Crippen LogP contribution in [0.1, 0.15) is 39.0 Å². The van der Waals surface area contributed by atoms with Crippen LogP contribution in [0.15, 0.2) is 0 Å². The lowest BCUT2D eigenvalue weighted by Crippen LogP contribution is -2.32. The van der Waals surface area contributed by atoms with Crippen molar-refractivity contribution >= 4 is 0 Å². The van der Waals surface area contributed by atoms with E-state index in [2.05, 4.69) is 32.7 Å². The Balaban J connectivity index is 1.27. The fourth-order valence-corrected chi connectivity index (χ4v) is 2.93. The van der Waals surface area contributed by atoms with Crippen LogP contribution in [-0.2, 0) is 0 Å². The Morgan fingerprint density at radius 3 is 1.73 bits per heavy atom. The van der Waals surface area contributed by atoms with Crippen LogP contribution in [0.4, 0.5) is 0 Å². The average molecular weight is 312 g/mol. The van der Waals surface area contributed by atoms with Crippen molar-refractivity contribution in [1.82, 2.24) is 25.8 Å². The molecule has 0 aliphatic carbocycles. The lowest BCUT2D eigenvalue weighted by Gasteiger charge is -2.19. The van der Waals surface area contributed by atoms with Crippen LogP contribution in [0.2, 0.25) is 0 Å². The summed E-state index contributed by atoms with van der Waals surface area (Å²) in [7, 11) is 0. The maximum atomic E-state index is 3.62. The first-order valence-corrected chi connectivity index (χ1v) is 9.52.